The first kappa shape index (κ1) is 15.5. The zero-order valence-electron chi connectivity index (χ0n) is 12.7. The van der Waals surface area contributed by atoms with Crippen molar-refractivity contribution in [1.29, 1.82) is 0 Å². The number of benzene rings is 1. The molecule has 0 radical (unpaired) electrons. The lowest BCUT2D eigenvalue weighted by Gasteiger charge is -2.30. The van der Waals surface area contributed by atoms with E-state index in [1.807, 2.05) is 31.2 Å². The molecule has 0 saturated carbocycles. The van der Waals surface area contributed by atoms with Crippen LogP contribution >= 0.6 is 0 Å². The van der Waals surface area contributed by atoms with E-state index >= 15 is 0 Å². The van der Waals surface area contributed by atoms with Gasteiger partial charge in [-0.2, -0.15) is 0 Å². The lowest BCUT2D eigenvalue weighted by molar-refractivity contribution is 0.0364. The highest BCUT2D eigenvalue weighted by molar-refractivity contribution is 5.98. The van der Waals surface area contributed by atoms with Gasteiger partial charge in [0.25, 0.3) is 5.91 Å². The number of aromatic amines is 1. The van der Waals surface area contributed by atoms with Crippen LogP contribution in [0.1, 0.15) is 23.0 Å². The van der Waals surface area contributed by atoms with Crippen LogP contribution in [0, 0.1) is 12.3 Å². The molecule has 0 aliphatic rings. The lowest BCUT2D eigenvalue weighted by Crippen LogP contribution is -2.41. The number of H-pyrrole nitrogens is 1. The van der Waals surface area contributed by atoms with Crippen molar-refractivity contribution in [1.82, 2.24) is 9.88 Å². The quantitative estimate of drug-likeness (QED) is 0.782. The highest BCUT2D eigenvalue weighted by atomic mass is 16.3. The van der Waals surface area contributed by atoms with E-state index in [-0.39, 0.29) is 25.7 Å². The molecule has 21 heavy (non-hydrogen) atoms. The number of nitrogens with zero attached hydrogens (tertiary/aromatic N) is 1. The monoisotopic (exact) mass is 290 g/mol. The first-order chi connectivity index (χ1) is 9.88. The molecule has 1 aromatic heterocycles. The Hall–Kier alpha value is -1.85. The molecule has 0 bridgehead atoms. The van der Waals surface area contributed by atoms with Gasteiger partial charge in [0, 0.05) is 29.9 Å². The Balaban J connectivity index is 2.21. The van der Waals surface area contributed by atoms with Crippen LogP contribution in [0.15, 0.2) is 24.3 Å². The van der Waals surface area contributed by atoms with Gasteiger partial charge in [0.1, 0.15) is 5.69 Å². The van der Waals surface area contributed by atoms with Crippen LogP contribution in [-0.2, 0) is 0 Å². The van der Waals surface area contributed by atoms with Gasteiger partial charge in [0.15, 0.2) is 0 Å². The van der Waals surface area contributed by atoms with Gasteiger partial charge < -0.3 is 20.1 Å². The van der Waals surface area contributed by atoms with Crippen molar-refractivity contribution in [3.05, 3.63) is 35.5 Å². The van der Waals surface area contributed by atoms with Gasteiger partial charge in [-0.3, -0.25) is 4.79 Å². The Kier molecular flexibility index (Phi) is 4.34. The summed E-state index contributed by atoms with van der Waals surface area (Å²) in [7, 11) is 1.67. The van der Waals surface area contributed by atoms with E-state index in [1.54, 1.807) is 14.0 Å². The second kappa shape index (κ2) is 5.87. The second-order valence-electron chi connectivity index (χ2n) is 6.06. The number of hydrogen-bond donors (Lipinski definition) is 3. The fourth-order valence-electron chi connectivity index (χ4n) is 2.36. The normalized spacial score (nSPS) is 11.9. The number of nitrogens with one attached hydrogen (secondary N) is 1. The summed E-state index contributed by atoms with van der Waals surface area (Å²) in [4.78, 5) is 17.1. The third-order valence-corrected chi connectivity index (χ3v) is 3.74. The first-order valence-corrected chi connectivity index (χ1v) is 6.95. The van der Waals surface area contributed by atoms with Crippen LogP contribution in [0.25, 0.3) is 10.9 Å². The maximum atomic E-state index is 12.4. The molecule has 1 aromatic carbocycles. The van der Waals surface area contributed by atoms with Crippen molar-refractivity contribution in [2.24, 2.45) is 5.41 Å². The number of fused-ring (bicyclic) bond motifs is 1. The van der Waals surface area contributed by atoms with Crippen molar-refractivity contribution in [2.75, 3.05) is 26.8 Å². The minimum atomic E-state index is -0.701. The van der Waals surface area contributed by atoms with Crippen molar-refractivity contribution < 1.29 is 15.0 Å². The van der Waals surface area contributed by atoms with Crippen molar-refractivity contribution in [3.63, 3.8) is 0 Å². The summed E-state index contributed by atoms with van der Waals surface area (Å²) in [6, 6.07) is 7.80. The van der Waals surface area contributed by atoms with Gasteiger partial charge in [-0.25, -0.2) is 0 Å². The largest absolute Gasteiger partial charge is 0.396 e. The zero-order chi connectivity index (χ0) is 15.6. The van der Waals surface area contributed by atoms with E-state index in [9.17, 15) is 15.0 Å². The van der Waals surface area contributed by atoms with Gasteiger partial charge in [0.05, 0.1) is 13.2 Å². The molecule has 1 amide bonds. The molecule has 114 valence electrons. The SMILES string of the molecule is Cc1ccc2cc(C(=O)N(C)CC(C)(CO)CO)[nH]c2c1. The van der Waals surface area contributed by atoms with Crippen LogP contribution < -0.4 is 0 Å². The van der Waals surface area contributed by atoms with Crippen LogP contribution in [0.3, 0.4) is 0 Å². The van der Waals surface area contributed by atoms with Gasteiger partial charge in [0.2, 0.25) is 0 Å². The molecule has 0 aliphatic heterocycles. The predicted octanol–water partition coefficient (Wildman–Crippen LogP) is 1.54. The number of hydrogen-bond acceptors (Lipinski definition) is 3. The van der Waals surface area contributed by atoms with E-state index in [4.69, 9.17) is 0 Å². The van der Waals surface area contributed by atoms with Gasteiger partial charge in [-0.05, 0) is 24.6 Å². The van der Waals surface area contributed by atoms with Gasteiger partial charge in [-0.15, -0.1) is 0 Å². The third-order valence-electron chi connectivity index (χ3n) is 3.74. The van der Waals surface area contributed by atoms with Crippen LogP contribution in [-0.4, -0.2) is 52.8 Å². The molecule has 2 aromatic rings. The average Bonchev–Trinajstić information content (AvgIpc) is 2.89. The van der Waals surface area contributed by atoms with Crippen LogP contribution in [0.5, 0.6) is 0 Å². The molecule has 0 saturated heterocycles. The Morgan fingerprint density at radius 1 is 1.29 bits per heavy atom. The van der Waals surface area contributed by atoms with E-state index in [2.05, 4.69) is 4.98 Å². The highest BCUT2D eigenvalue weighted by Crippen LogP contribution is 2.20. The number of carbonyl (C=O) groups is 1. The number of aromatic nitrogens is 1. The number of aryl methyl sites for hydroxylation is 1. The Morgan fingerprint density at radius 2 is 1.95 bits per heavy atom. The number of rotatable bonds is 5. The standard InChI is InChI=1S/C16H22N2O3/c1-11-4-5-12-7-14(17-13(12)6-11)15(21)18(3)8-16(2,9-19)10-20/h4-7,17,19-20H,8-10H2,1-3H3. The molecule has 5 heteroatoms. The molecule has 1 heterocycles. The van der Waals surface area contributed by atoms with Crippen molar-refractivity contribution in [3.8, 4) is 0 Å². The maximum absolute atomic E-state index is 12.4. The fourth-order valence-corrected chi connectivity index (χ4v) is 2.36. The summed E-state index contributed by atoms with van der Waals surface area (Å²) >= 11 is 0. The smallest absolute Gasteiger partial charge is 0.270 e. The number of aliphatic hydroxyl groups is 2. The topological polar surface area (TPSA) is 76.6 Å². The van der Waals surface area contributed by atoms with Gasteiger partial charge in [-0.1, -0.05) is 19.1 Å². The van der Waals surface area contributed by atoms with Crippen molar-refractivity contribution >= 4 is 16.8 Å². The Labute approximate surface area is 124 Å². The molecule has 2 rings (SSSR count). The summed E-state index contributed by atoms with van der Waals surface area (Å²) in [6.07, 6.45) is 0. The van der Waals surface area contributed by atoms with Crippen molar-refractivity contribution in [2.45, 2.75) is 13.8 Å². The molecule has 0 fully saturated rings. The molecule has 5 nitrogen and oxygen atoms in total. The number of amides is 1. The summed E-state index contributed by atoms with van der Waals surface area (Å²) in [5.74, 6) is -0.156. The molecular weight excluding hydrogens is 268 g/mol. The number of aliphatic hydroxyl groups excluding tert-OH is 2. The molecule has 0 unspecified atom stereocenters. The molecule has 0 aliphatic carbocycles. The first-order valence-electron chi connectivity index (χ1n) is 6.95. The summed E-state index contributed by atoms with van der Waals surface area (Å²) in [5.41, 5.74) is 1.87. The minimum absolute atomic E-state index is 0.156. The summed E-state index contributed by atoms with van der Waals surface area (Å²) in [5, 5.41) is 19.6. The number of carbonyl (C=O) groups excluding carboxylic acids is 1. The highest BCUT2D eigenvalue weighted by Gasteiger charge is 2.27. The van der Waals surface area contributed by atoms with E-state index < -0.39 is 5.41 Å². The fraction of sp³-hybridized carbons (Fsp3) is 0.438. The summed E-state index contributed by atoms with van der Waals surface area (Å²) < 4.78 is 0. The maximum Gasteiger partial charge on any atom is 0.270 e. The Morgan fingerprint density at radius 3 is 2.57 bits per heavy atom. The van der Waals surface area contributed by atoms with E-state index in [0.717, 1.165) is 16.5 Å². The zero-order valence-corrected chi connectivity index (χ0v) is 12.7. The molecular formula is C16H22N2O3. The van der Waals surface area contributed by atoms with E-state index in [1.165, 1.54) is 4.90 Å². The van der Waals surface area contributed by atoms with Gasteiger partial charge >= 0.3 is 0 Å². The lowest BCUT2D eigenvalue weighted by atomic mass is 9.92. The van der Waals surface area contributed by atoms with Crippen LogP contribution in [0.2, 0.25) is 0 Å². The second-order valence-corrected chi connectivity index (χ2v) is 6.06. The third kappa shape index (κ3) is 3.25. The minimum Gasteiger partial charge on any atom is -0.396 e. The van der Waals surface area contributed by atoms with Crippen LogP contribution in [0.4, 0.5) is 0 Å². The predicted molar refractivity (Wildman–Crippen MR) is 82.3 cm³/mol. The molecule has 3 N–H and O–H groups in total. The average molecular weight is 290 g/mol. The molecule has 0 atom stereocenters. The molecule has 0 spiro atoms. The Bertz CT molecular complexity index is 644. The van der Waals surface area contributed by atoms with E-state index in [0.29, 0.717) is 5.69 Å². The summed E-state index contributed by atoms with van der Waals surface area (Å²) in [6.45, 7) is 3.68.